The number of nitrogens with zero attached hydrogens (tertiary/aromatic N) is 1. The minimum Gasteiger partial charge on any atom is -0.455 e. The maximum atomic E-state index is 8.87. The zero-order valence-corrected chi connectivity index (χ0v) is 25.9. The summed E-state index contributed by atoms with van der Waals surface area (Å²) in [5.41, 5.74) is 9.30. The highest BCUT2D eigenvalue weighted by molar-refractivity contribution is 6.22. The van der Waals surface area contributed by atoms with Crippen LogP contribution in [0.2, 0.25) is 0 Å². The van der Waals surface area contributed by atoms with E-state index in [0.29, 0.717) is 16.7 Å². The first-order chi connectivity index (χ1) is 25.9. The van der Waals surface area contributed by atoms with E-state index in [1.165, 1.54) is 0 Å². The van der Waals surface area contributed by atoms with Gasteiger partial charge in [-0.2, -0.15) is 0 Å². The van der Waals surface area contributed by atoms with Crippen molar-refractivity contribution in [3.8, 4) is 33.4 Å². The van der Waals surface area contributed by atoms with Gasteiger partial charge in [-0.1, -0.05) is 145 Å². The second-order valence-electron chi connectivity index (χ2n) is 11.8. The molecular weight excluding hydrogens is 583 g/mol. The smallest absolute Gasteiger partial charge is 0.143 e. The Morgan fingerprint density at radius 2 is 0.979 bits per heavy atom. The Hall–Kier alpha value is -6.38. The van der Waals surface area contributed by atoms with Crippen LogP contribution in [0.3, 0.4) is 0 Å². The number of benzene rings is 8. The number of fused-ring (bicyclic) bond motifs is 5. The average molecular weight is 619 g/mol. The average Bonchev–Trinajstić information content (AvgIpc) is 3.60. The maximum Gasteiger partial charge on any atom is 0.143 e. The summed E-state index contributed by atoms with van der Waals surface area (Å²) < 4.78 is 49.5. The van der Waals surface area contributed by atoms with Gasteiger partial charge in [-0.05, 0) is 81.2 Å². The molecule has 0 spiro atoms. The van der Waals surface area contributed by atoms with Crippen molar-refractivity contribution in [2.45, 2.75) is 0 Å². The Morgan fingerprint density at radius 3 is 1.58 bits per heavy atom. The van der Waals surface area contributed by atoms with E-state index in [0.717, 1.165) is 60.9 Å². The van der Waals surface area contributed by atoms with Crippen molar-refractivity contribution in [3.05, 3.63) is 188 Å². The predicted octanol–water partition coefficient (Wildman–Crippen LogP) is 13.2. The zero-order valence-electron chi connectivity index (χ0n) is 30.9. The Balaban J connectivity index is 1.31. The summed E-state index contributed by atoms with van der Waals surface area (Å²) >= 11 is 0. The van der Waals surface area contributed by atoms with Crippen LogP contribution in [0.1, 0.15) is 6.85 Å². The maximum absolute atomic E-state index is 8.87. The topological polar surface area (TPSA) is 16.4 Å². The second-order valence-corrected chi connectivity index (χ2v) is 11.8. The van der Waals surface area contributed by atoms with Gasteiger partial charge < -0.3 is 9.32 Å². The molecule has 0 radical (unpaired) electrons. The SMILES string of the molecule is [2H]c1c([2H])c([2H])c(-c2cc3c(oc4cccc(N(c5ccc(-c6ccccc6)cc5)c5ccc(-c6ccccc6)cc5)c43)c3ccccc23)c([2H])c1[2H]. The third-order valence-electron chi connectivity index (χ3n) is 8.96. The lowest BCUT2D eigenvalue weighted by Crippen LogP contribution is -2.10. The van der Waals surface area contributed by atoms with E-state index in [4.69, 9.17) is 11.3 Å². The van der Waals surface area contributed by atoms with Crippen molar-refractivity contribution in [2.75, 3.05) is 4.90 Å². The van der Waals surface area contributed by atoms with Crippen LogP contribution in [-0.4, -0.2) is 0 Å². The number of hydrogen-bond acceptors (Lipinski definition) is 2. The molecule has 0 aliphatic carbocycles. The van der Waals surface area contributed by atoms with Gasteiger partial charge in [-0.25, -0.2) is 0 Å². The van der Waals surface area contributed by atoms with E-state index in [-0.39, 0.29) is 29.7 Å². The summed E-state index contributed by atoms with van der Waals surface area (Å²) in [5, 5.41) is 3.16. The zero-order chi connectivity index (χ0) is 36.2. The molecule has 226 valence electrons. The molecule has 0 aliphatic heterocycles. The lowest BCUT2D eigenvalue weighted by molar-refractivity contribution is 0.672. The van der Waals surface area contributed by atoms with Gasteiger partial charge >= 0.3 is 0 Å². The molecule has 9 rings (SSSR count). The van der Waals surface area contributed by atoms with Crippen molar-refractivity contribution in [1.29, 1.82) is 0 Å². The molecule has 0 unspecified atom stereocenters. The monoisotopic (exact) mass is 618 g/mol. The molecule has 9 aromatic rings. The first-order valence-corrected chi connectivity index (χ1v) is 15.9. The third kappa shape index (κ3) is 4.83. The molecule has 48 heavy (non-hydrogen) atoms. The van der Waals surface area contributed by atoms with Crippen molar-refractivity contribution >= 4 is 49.8 Å². The third-order valence-corrected chi connectivity index (χ3v) is 8.96. The summed E-state index contributed by atoms with van der Waals surface area (Å²) in [6, 6.07) is 51.6. The first-order valence-electron chi connectivity index (χ1n) is 18.4. The van der Waals surface area contributed by atoms with E-state index < -0.39 is 6.04 Å². The van der Waals surface area contributed by atoms with Crippen LogP contribution < -0.4 is 4.90 Å². The summed E-state index contributed by atoms with van der Waals surface area (Å²) in [6.07, 6.45) is 0. The molecule has 1 aromatic heterocycles. The molecule has 0 amide bonds. The molecule has 0 bridgehead atoms. The fourth-order valence-electron chi connectivity index (χ4n) is 6.70. The Labute approximate surface area is 286 Å². The molecule has 2 heteroatoms. The first kappa shape index (κ1) is 23.0. The Bertz CT molecular complexity index is 2700. The molecule has 2 nitrogen and oxygen atoms in total. The second kappa shape index (κ2) is 11.8. The summed E-state index contributed by atoms with van der Waals surface area (Å²) in [4.78, 5) is 2.22. The quantitative estimate of drug-likeness (QED) is 0.184. The van der Waals surface area contributed by atoms with E-state index in [9.17, 15) is 0 Å². The normalized spacial score (nSPS) is 12.8. The molecular formula is C46H31NO. The number of furan rings is 1. The highest BCUT2D eigenvalue weighted by atomic mass is 16.3. The molecule has 8 aromatic carbocycles. The highest BCUT2D eigenvalue weighted by Gasteiger charge is 2.22. The lowest BCUT2D eigenvalue weighted by Gasteiger charge is -2.26. The Kier molecular flexibility index (Phi) is 5.64. The van der Waals surface area contributed by atoms with Crippen molar-refractivity contribution in [2.24, 2.45) is 0 Å². The molecule has 0 saturated heterocycles. The fourth-order valence-corrected chi connectivity index (χ4v) is 6.70. The van der Waals surface area contributed by atoms with Crippen LogP contribution in [-0.2, 0) is 0 Å². The van der Waals surface area contributed by atoms with Gasteiger partial charge in [0.25, 0.3) is 0 Å². The number of hydrogen-bond donors (Lipinski definition) is 0. The van der Waals surface area contributed by atoms with Crippen molar-refractivity contribution in [3.63, 3.8) is 0 Å². The molecule has 1 heterocycles. The van der Waals surface area contributed by atoms with Gasteiger partial charge in [-0.15, -0.1) is 0 Å². The lowest BCUT2D eigenvalue weighted by atomic mass is 9.95. The minimum atomic E-state index is -0.419. The van der Waals surface area contributed by atoms with Crippen LogP contribution in [0.15, 0.2) is 192 Å². The van der Waals surface area contributed by atoms with E-state index in [2.05, 4.69) is 83.8 Å². The largest absolute Gasteiger partial charge is 0.455 e. The van der Waals surface area contributed by atoms with Gasteiger partial charge in [0, 0.05) is 22.1 Å². The van der Waals surface area contributed by atoms with Gasteiger partial charge in [-0.3, -0.25) is 0 Å². The van der Waals surface area contributed by atoms with Crippen molar-refractivity contribution < 1.29 is 11.3 Å². The molecule has 0 atom stereocenters. The summed E-state index contributed by atoms with van der Waals surface area (Å²) in [6.45, 7) is 0. The van der Waals surface area contributed by atoms with E-state index >= 15 is 0 Å². The Morgan fingerprint density at radius 1 is 0.438 bits per heavy atom. The van der Waals surface area contributed by atoms with Gasteiger partial charge in [0.2, 0.25) is 0 Å². The summed E-state index contributed by atoms with van der Waals surface area (Å²) in [5.74, 6) is 0. The van der Waals surface area contributed by atoms with Crippen LogP contribution in [0.4, 0.5) is 17.1 Å². The van der Waals surface area contributed by atoms with Crippen molar-refractivity contribution in [1.82, 2.24) is 0 Å². The number of anilines is 3. The number of rotatable bonds is 6. The van der Waals surface area contributed by atoms with Crippen LogP contribution in [0.25, 0.3) is 66.1 Å². The minimum absolute atomic E-state index is 0.158. The van der Waals surface area contributed by atoms with Gasteiger partial charge in [0.15, 0.2) is 0 Å². The highest BCUT2D eigenvalue weighted by Crippen LogP contribution is 2.46. The summed E-state index contributed by atoms with van der Waals surface area (Å²) in [7, 11) is 0. The molecule has 0 saturated carbocycles. The van der Waals surface area contributed by atoms with Crippen LogP contribution in [0, 0.1) is 0 Å². The molecule has 0 aliphatic rings. The van der Waals surface area contributed by atoms with Crippen LogP contribution in [0.5, 0.6) is 0 Å². The van der Waals surface area contributed by atoms with E-state index in [1.807, 2.05) is 78.9 Å². The van der Waals surface area contributed by atoms with E-state index in [1.54, 1.807) is 0 Å². The van der Waals surface area contributed by atoms with Gasteiger partial charge in [0.05, 0.1) is 17.9 Å². The van der Waals surface area contributed by atoms with Gasteiger partial charge in [0.1, 0.15) is 11.2 Å². The predicted molar refractivity (Wildman–Crippen MR) is 202 cm³/mol. The molecule has 0 N–H and O–H groups in total. The van der Waals surface area contributed by atoms with Crippen LogP contribution >= 0.6 is 0 Å². The molecule has 0 fully saturated rings. The fraction of sp³-hybridized carbons (Fsp3) is 0. The standard InChI is InChI=1S/C46H31NO/c1-4-13-32(14-5-1)34-23-27-37(28-24-34)47(38-29-25-35(26-30-38)33-15-6-2-7-16-33)43-21-12-22-44-45(43)42-31-41(36-17-8-3-9-18-36)39-19-10-11-20-40(39)46(42)48-44/h1-31H/i3D,8D,9D,17D,18D.